The fourth-order valence-electron chi connectivity index (χ4n) is 1.90. The summed E-state index contributed by atoms with van der Waals surface area (Å²) in [4.78, 5) is 25.7. The Kier molecular flexibility index (Phi) is 5.00. The van der Waals surface area contributed by atoms with Gasteiger partial charge < -0.3 is 15.3 Å². The number of nitrogens with zero attached hydrogens (tertiary/aromatic N) is 2. The molecule has 3 N–H and O–H groups in total. The van der Waals surface area contributed by atoms with Crippen LogP contribution in [0.5, 0.6) is 5.75 Å². The number of carbonyl (C=O) groups excluding carboxylic acids is 2. The molecule has 0 aromatic heterocycles. The summed E-state index contributed by atoms with van der Waals surface area (Å²) in [5.74, 6) is -1.79. The van der Waals surface area contributed by atoms with Crippen LogP contribution in [0.3, 0.4) is 0 Å². The maximum Gasteiger partial charge on any atom is 0.323 e. The minimum Gasteiger partial charge on any atom is -0.506 e. The highest BCUT2D eigenvalue weighted by Gasteiger charge is 2.20. The second-order valence-corrected chi connectivity index (χ2v) is 5.28. The van der Waals surface area contributed by atoms with E-state index in [1.165, 1.54) is 18.2 Å². The van der Waals surface area contributed by atoms with Crippen molar-refractivity contribution in [2.75, 3.05) is 38.5 Å². The molecule has 0 atom stereocenters. The van der Waals surface area contributed by atoms with Crippen molar-refractivity contribution < 1.29 is 14.7 Å². The van der Waals surface area contributed by atoms with Crippen molar-refractivity contribution in [3.05, 3.63) is 23.2 Å². The Hall–Kier alpha value is -1.83. The van der Waals surface area contributed by atoms with Crippen molar-refractivity contribution in [2.45, 2.75) is 0 Å². The van der Waals surface area contributed by atoms with Gasteiger partial charge >= 0.3 is 11.8 Å². The number of halogens is 1. The molecule has 8 heteroatoms. The summed E-state index contributed by atoms with van der Waals surface area (Å²) >= 11 is 5.77. The Morgan fingerprint density at radius 2 is 1.86 bits per heavy atom. The highest BCUT2D eigenvalue weighted by molar-refractivity contribution is 6.39. The van der Waals surface area contributed by atoms with E-state index < -0.39 is 11.8 Å². The van der Waals surface area contributed by atoms with Crippen LogP contribution < -0.4 is 10.7 Å². The molecule has 2 rings (SSSR count). The topological polar surface area (TPSA) is 84.9 Å². The van der Waals surface area contributed by atoms with E-state index in [0.29, 0.717) is 18.1 Å². The van der Waals surface area contributed by atoms with Crippen LogP contribution >= 0.6 is 11.6 Å². The third-order valence-electron chi connectivity index (χ3n) is 3.18. The largest absolute Gasteiger partial charge is 0.506 e. The Labute approximate surface area is 127 Å². The van der Waals surface area contributed by atoms with Gasteiger partial charge in [0.1, 0.15) is 5.75 Å². The summed E-state index contributed by atoms with van der Waals surface area (Å²) in [6.45, 7) is 2.93. The zero-order valence-electron chi connectivity index (χ0n) is 11.6. The number of carbonyl (C=O) groups is 2. The number of hydrazine groups is 1. The number of nitrogens with one attached hydrogen (secondary N) is 2. The van der Waals surface area contributed by atoms with Gasteiger partial charge in [-0.05, 0) is 25.2 Å². The molecular formula is C13H17ClN4O3. The number of likely N-dealkylation sites (N-methyl/N-ethyl adjacent to an activating group) is 1. The lowest BCUT2D eigenvalue weighted by Crippen LogP contribution is -2.54. The van der Waals surface area contributed by atoms with E-state index in [9.17, 15) is 14.7 Å². The predicted molar refractivity (Wildman–Crippen MR) is 79.0 cm³/mol. The molecule has 0 radical (unpaired) electrons. The molecule has 114 valence electrons. The molecule has 0 saturated carbocycles. The monoisotopic (exact) mass is 312 g/mol. The quantitative estimate of drug-likeness (QED) is 0.539. The Morgan fingerprint density at radius 1 is 1.19 bits per heavy atom. The number of hydrogen-bond acceptors (Lipinski definition) is 5. The summed E-state index contributed by atoms with van der Waals surface area (Å²) in [5.41, 5.74) is 2.63. The Bertz CT molecular complexity index is 544. The number of aromatic hydroxyl groups is 1. The zero-order chi connectivity index (χ0) is 15.4. The SMILES string of the molecule is CN1CCN(NC(=O)C(=O)Nc2cc(Cl)ccc2O)CC1. The van der Waals surface area contributed by atoms with Gasteiger partial charge in [0, 0.05) is 31.2 Å². The molecular weight excluding hydrogens is 296 g/mol. The van der Waals surface area contributed by atoms with E-state index in [1.807, 2.05) is 7.05 Å². The third kappa shape index (κ3) is 4.32. The van der Waals surface area contributed by atoms with Gasteiger partial charge in [0.2, 0.25) is 0 Å². The van der Waals surface area contributed by atoms with Crippen molar-refractivity contribution in [1.29, 1.82) is 0 Å². The molecule has 0 aliphatic carbocycles. The van der Waals surface area contributed by atoms with Crippen LogP contribution in [-0.2, 0) is 9.59 Å². The van der Waals surface area contributed by atoms with Gasteiger partial charge in [-0.3, -0.25) is 15.0 Å². The highest BCUT2D eigenvalue weighted by Crippen LogP contribution is 2.26. The number of rotatable bonds is 2. The fraction of sp³-hybridized carbons (Fsp3) is 0.385. The van der Waals surface area contributed by atoms with Gasteiger partial charge in [-0.2, -0.15) is 0 Å². The molecule has 0 bridgehead atoms. The number of benzene rings is 1. The smallest absolute Gasteiger partial charge is 0.323 e. The number of phenolic OH excluding ortho intramolecular Hbond substituents is 1. The van der Waals surface area contributed by atoms with Crippen molar-refractivity contribution in [3.8, 4) is 5.75 Å². The number of hydrogen-bond donors (Lipinski definition) is 3. The molecule has 1 aromatic carbocycles. The van der Waals surface area contributed by atoms with Gasteiger partial charge in [0.05, 0.1) is 5.69 Å². The molecule has 0 unspecified atom stereocenters. The number of anilines is 1. The average molecular weight is 313 g/mol. The molecule has 1 heterocycles. The molecule has 2 amide bonds. The maximum absolute atomic E-state index is 11.8. The zero-order valence-corrected chi connectivity index (χ0v) is 12.4. The highest BCUT2D eigenvalue weighted by atomic mass is 35.5. The van der Waals surface area contributed by atoms with Crippen LogP contribution in [0.4, 0.5) is 5.69 Å². The molecule has 0 spiro atoms. The summed E-state index contributed by atoms with van der Waals surface area (Å²) < 4.78 is 0. The summed E-state index contributed by atoms with van der Waals surface area (Å²) in [6, 6.07) is 4.20. The van der Waals surface area contributed by atoms with Crippen LogP contribution in [0.1, 0.15) is 0 Å². The van der Waals surface area contributed by atoms with E-state index >= 15 is 0 Å². The lowest BCUT2D eigenvalue weighted by Gasteiger charge is -2.32. The van der Waals surface area contributed by atoms with E-state index in [-0.39, 0.29) is 11.4 Å². The third-order valence-corrected chi connectivity index (χ3v) is 3.41. The fourth-order valence-corrected chi connectivity index (χ4v) is 2.07. The van der Waals surface area contributed by atoms with Gasteiger partial charge in [0.15, 0.2) is 0 Å². The van der Waals surface area contributed by atoms with Crippen molar-refractivity contribution in [1.82, 2.24) is 15.3 Å². The predicted octanol–water partition coefficient (Wildman–Crippen LogP) is 0.263. The van der Waals surface area contributed by atoms with Gasteiger partial charge in [0.25, 0.3) is 0 Å². The van der Waals surface area contributed by atoms with Crippen LogP contribution in [0, 0.1) is 0 Å². The number of amides is 2. The lowest BCUT2D eigenvalue weighted by molar-refractivity contribution is -0.139. The average Bonchev–Trinajstić information content (AvgIpc) is 2.45. The molecule has 1 fully saturated rings. The molecule has 1 aliphatic rings. The second kappa shape index (κ2) is 6.75. The van der Waals surface area contributed by atoms with Crippen molar-refractivity contribution in [3.63, 3.8) is 0 Å². The van der Waals surface area contributed by atoms with Crippen LogP contribution in [-0.4, -0.2) is 60.1 Å². The first kappa shape index (κ1) is 15.6. The Morgan fingerprint density at radius 3 is 2.52 bits per heavy atom. The second-order valence-electron chi connectivity index (χ2n) is 4.85. The summed E-state index contributed by atoms with van der Waals surface area (Å²) in [6.07, 6.45) is 0. The summed E-state index contributed by atoms with van der Waals surface area (Å²) in [7, 11) is 1.99. The van der Waals surface area contributed by atoms with Gasteiger partial charge in [-0.1, -0.05) is 11.6 Å². The van der Waals surface area contributed by atoms with Crippen molar-refractivity contribution in [2.24, 2.45) is 0 Å². The molecule has 1 aromatic rings. The number of piperazine rings is 1. The van der Waals surface area contributed by atoms with Crippen LogP contribution in [0.2, 0.25) is 5.02 Å². The van der Waals surface area contributed by atoms with Gasteiger partial charge in [-0.25, -0.2) is 5.01 Å². The van der Waals surface area contributed by atoms with E-state index in [2.05, 4.69) is 15.6 Å². The molecule has 7 nitrogen and oxygen atoms in total. The Balaban J connectivity index is 1.90. The van der Waals surface area contributed by atoms with E-state index in [0.717, 1.165) is 13.1 Å². The minimum absolute atomic E-state index is 0.0982. The van der Waals surface area contributed by atoms with E-state index in [4.69, 9.17) is 11.6 Å². The first-order valence-electron chi connectivity index (χ1n) is 6.49. The normalized spacial score (nSPS) is 16.5. The van der Waals surface area contributed by atoms with E-state index in [1.54, 1.807) is 5.01 Å². The molecule has 1 saturated heterocycles. The molecule has 21 heavy (non-hydrogen) atoms. The van der Waals surface area contributed by atoms with Gasteiger partial charge in [-0.15, -0.1) is 0 Å². The number of phenols is 1. The first-order valence-corrected chi connectivity index (χ1v) is 6.87. The van der Waals surface area contributed by atoms with Crippen LogP contribution in [0.25, 0.3) is 0 Å². The van der Waals surface area contributed by atoms with Crippen LogP contribution in [0.15, 0.2) is 18.2 Å². The first-order chi connectivity index (χ1) is 9.95. The van der Waals surface area contributed by atoms with Crippen molar-refractivity contribution >= 4 is 29.1 Å². The maximum atomic E-state index is 11.8. The standard InChI is InChI=1S/C13H17ClN4O3/c1-17-4-6-18(7-5-17)16-13(21)12(20)15-10-8-9(14)2-3-11(10)19/h2-3,8,19H,4-7H2,1H3,(H,15,20)(H,16,21). The lowest BCUT2D eigenvalue weighted by atomic mass is 10.3. The minimum atomic E-state index is -0.855. The summed E-state index contributed by atoms with van der Waals surface area (Å²) in [5, 5.41) is 14.0. The molecule has 1 aliphatic heterocycles.